The predicted molar refractivity (Wildman–Crippen MR) is 147 cm³/mol. The van der Waals surface area contributed by atoms with E-state index in [1.54, 1.807) is 25.3 Å². The molecule has 0 saturated carbocycles. The highest BCUT2D eigenvalue weighted by molar-refractivity contribution is 6.00. The van der Waals surface area contributed by atoms with Crippen molar-refractivity contribution in [1.29, 1.82) is 0 Å². The molecule has 0 atom stereocenters. The van der Waals surface area contributed by atoms with Crippen molar-refractivity contribution >= 4 is 34.9 Å². The quantitative estimate of drug-likeness (QED) is 0.289. The van der Waals surface area contributed by atoms with E-state index >= 15 is 0 Å². The van der Waals surface area contributed by atoms with Crippen LogP contribution >= 0.6 is 0 Å². The molecule has 2 heterocycles. The second kappa shape index (κ2) is 12.3. The van der Waals surface area contributed by atoms with E-state index in [1.807, 2.05) is 91.8 Å². The Hall–Kier alpha value is -4.76. The average molecular weight is 496 g/mol. The molecule has 4 rings (SSSR count). The molecule has 1 amide bonds. The Balaban J connectivity index is 1.38. The van der Waals surface area contributed by atoms with Crippen LogP contribution in [0.1, 0.15) is 0 Å². The fourth-order valence-corrected chi connectivity index (χ4v) is 3.27. The topological polar surface area (TPSA) is 95.5 Å². The van der Waals surface area contributed by atoms with E-state index in [-0.39, 0.29) is 5.91 Å². The van der Waals surface area contributed by atoms with E-state index in [2.05, 4.69) is 25.6 Å². The number of hydrogen-bond acceptors (Lipinski definition) is 8. The summed E-state index contributed by atoms with van der Waals surface area (Å²) in [5.74, 6) is 3.62. The minimum atomic E-state index is -0.153. The first kappa shape index (κ1) is 25.3. The van der Waals surface area contributed by atoms with Crippen LogP contribution in [0.25, 0.3) is 0 Å². The van der Waals surface area contributed by atoms with Crippen molar-refractivity contribution in [3.8, 4) is 11.5 Å². The van der Waals surface area contributed by atoms with Crippen molar-refractivity contribution in [1.82, 2.24) is 19.9 Å². The number of amides is 1. The summed E-state index contributed by atoms with van der Waals surface area (Å²) in [5, 5.41) is 6.44. The van der Waals surface area contributed by atoms with Gasteiger partial charge in [-0.05, 0) is 62.6 Å². The summed E-state index contributed by atoms with van der Waals surface area (Å²) in [5.41, 5.74) is 0.854. The molecule has 37 heavy (non-hydrogen) atoms. The summed E-state index contributed by atoms with van der Waals surface area (Å²) in [6.45, 7) is 0.685. The summed E-state index contributed by atoms with van der Waals surface area (Å²) in [6.07, 6.45) is 4.83. The number of ether oxygens (including phenoxy) is 1. The van der Waals surface area contributed by atoms with Gasteiger partial charge < -0.3 is 20.3 Å². The fourth-order valence-electron chi connectivity index (χ4n) is 3.27. The van der Waals surface area contributed by atoms with Crippen LogP contribution in [0.2, 0.25) is 0 Å². The van der Waals surface area contributed by atoms with E-state index in [4.69, 9.17) is 4.74 Å². The Labute approximate surface area is 216 Å². The van der Waals surface area contributed by atoms with Gasteiger partial charge >= 0.3 is 0 Å². The highest BCUT2D eigenvalue weighted by Crippen LogP contribution is 2.25. The molecule has 2 aromatic carbocycles. The van der Waals surface area contributed by atoms with Crippen LogP contribution < -0.4 is 20.3 Å². The Bertz CT molecular complexity index is 1340. The lowest BCUT2D eigenvalue weighted by Gasteiger charge is -2.16. The van der Waals surface area contributed by atoms with Crippen LogP contribution in [0.5, 0.6) is 11.5 Å². The molecule has 0 saturated heterocycles. The molecule has 0 aliphatic heterocycles. The molecule has 188 valence electrons. The van der Waals surface area contributed by atoms with E-state index in [9.17, 15) is 4.79 Å². The molecular weight excluding hydrogens is 466 g/mol. The summed E-state index contributed by atoms with van der Waals surface area (Å²) >= 11 is 0. The van der Waals surface area contributed by atoms with Crippen molar-refractivity contribution in [2.24, 2.45) is 0 Å². The fraction of sp³-hybridized carbons (Fsp3) is 0.143. The van der Waals surface area contributed by atoms with Crippen molar-refractivity contribution in [2.75, 3.05) is 43.2 Å². The number of hydrogen-bond donors (Lipinski definition) is 2. The standard InChI is InChI=1S/C28H29N7O2/c1-34(2)18-8-13-28(36)35(3)27-12-7-11-24(33-27)32-26-19-25(29-20-30-26)31-21-14-16-23(17-15-21)37-22-9-5-4-6-10-22/h4-17,19-20H,18H2,1-3H3,(H2,29,30,31,32,33). The average Bonchev–Trinajstić information content (AvgIpc) is 2.90. The smallest absolute Gasteiger partial charge is 0.251 e. The molecule has 4 aromatic rings. The largest absolute Gasteiger partial charge is 0.457 e. The maximum Gasteiger partial charge on any atom is 0.251 e. The van der Waals surface area contributed by atoms with Crippen LogP contribution in [0.15, 0.2) is 97.3 Å². The van der Waals surface area contributed by atoms with Gasteiger partial charge in [0.2, 0.25) is 0 Å². The van der Waals surface area contributed by atoms with Crippen LogP contribution in [0.4, 0.5) is 29.0 Å². The Kier molecular flexibility index (Phi) is 8.41. The van der Waals surface area contributed by atoms with Crippen LogP contribution in [0.3, 0.4) is 0 Å². The zero-order valence-corrected chi connectivity index (χ0v) is 21.0. The lowest BCUT2D eigenvalue weighted by Crippen LogP contribution is -2.25. The highest BCUT2D eigenvalue weighted by Gasteiger charge is 2.10. The monoisotopic (exact) mass is 495 g/mol. The van der Waals surface area contributed by atoms with Crippen LogP contribution in [0, 0.1) is 0 Å². The van der Waals surface area contributed by atoms with Crippen molar-refractivity contribution in [3.63, 3.8) is 0 Å². The van der Waals surface area contributed by atoms with E-state index in [0.29, 0.717) is 29.8 Å². The van der Waals surface area contributed by atoms with Gasteiger partial charge in [-0.25, -0.2) is 15.0 Å². The number of likely N-dealkylation sites (N-methyl/N-ethyl adjacent to an activating group) is 2. The molecule has 0 fully saturated rings. The van der Waals surface area contributed by atoms with Gasteiger partial charge in [0.15, 0.2) is 0 Å². The molecule has 0 bridgehead atoms. The first-order valence-corrected chi connectivity index (χ1v) is 11.7. The second-order valence-electron chi connectivity index (χ2n) is 8.42. The molecule has 9 nitrogen and oxygen atoms in total. The molecule has 2 aromatic heterocycles. The number of pyridine rings is 1. The van der Waals surface area contributed by atoms with Gasteiger partial charge in [-0.3, -0.25) is 9.69 Å². The molecule has 0 spiro atoms. The Morgan fingerprint density at radius 3 is 2.27 bits per heavy atom. The van der Waals surface area contributed by atoms with Gasteiger partial charge in [0.1, 0.15) is 41.1 Å². The maximum absolute atomic E-state index is 12.4. The molecule has 0 aliphatic carbocycles. The summed E-state index contributed by atoms with van der Waals surface area (Å²) in [6, 6.07) is 24.4. The normalized spacial score (nSPS) is 10.9. The summed E-state index contributed by atoms with van der Waals surface area (Å²) in [7, 11) is 5.58. The zero-order chi connectivity index (χ0) is 26.0. The number of para-hydroxylation sites is 1. The first-order valence-electron chi connectivity index (χ1n) is 11.7. The van der Waals surface area contributed by atoms with E-state index < -0.39 is 0 Å². The number of carbonyl (C=O) groups is 1. The predicted octanol–water partition coefficient (Wildman–Crippen LogP) is 5.23. The van der Waals surface area contributed by atoms with E-state index in [0.717, 1.165) is 17.2 Å². The number of benzene rings is 2. The van der Waals surface area contributed by atoms with Crippen molar-refractivity contribution < 1.29 is 9.53 Å². The lowest BCUT2D eigenvalue weighted by atomic mass is 10.3. The summed E-state index contributed by atoms with van der Waals surface area (Å²) < 4.78 is 5.84. The number of nitrogens with zero attached hydrogens (tertiary/aromatic N) is 5. The number of nitrogens with one attached hydrogen (secondary N) is 2. The zero-order valence-electron chi connectivity index (χ0n) is 21.0. The number of aromatic nitrogens is 3. The third-order valence-electron chi connectivity index (χ3n) is 5.17. The van der Waals surface area contributed by atoms with Crippen molar-refractivity contribution in [2.45, 2.75) is 0 Å². The minimum Gasteiger partial charge on any atom is -0.457 e. The van der Waals surface area contributed by atoms with E-state index in [1.165, 1.54) is 11.2 Å². The minimum absolute atomic E-state index is 0.153. The number of anilines is 5. The van der Waals surface area contributed by atoms with Crippen molar-refractivity contribution in [3.05, 3.63) is 97.3 Å². The third kappa shape index (κ3) is 7.61. The van der Waals surface area contributed by atoms with Crippen LogP contribution in [-0.2, 0) is 4.79 Å². The van der Waals surface area contributed by atoms with Gasteiger partial charge in [0, 0.05) is 31.4 Å². The van der Waals surface area contributed by atoms with Gasteiger partial charge in [-0.1, -0.05) is 30.3 Å². The first-order chi connectivity index (χ1) is 18.0. The number of rotatable bonds is 10. The van der Waals surface area contributed by atoms with Gasteiger partial charge in [0.25, 0.3) is 5.91 Å². The SMILES string of the molecule is CN(C)CC=CC(=O)N(C)c1cccc(Nc2cc(Nc3ccc(Oc4ccccc4)cc3)ncn2)n1. The van der Waals surface area contributed by atoms with Gasteiger partial charge in [-0.2, -0.15) is 0 Å². The second-order valence-corrected chi connectivity index (χ2v) is 8.42. The molecule has 9 heteroatoms. The maximum atomic E-state index is 12.4. The molecule has 0 unspecified atom stereocenters. The van der Waals surface area contributed by atoms with Gasteiger partial charge in [-0.15, -0.1) is 0 Å². The molecule has 2 N–H and O–H groups in total. The third-order valence-corrected chi connectivity index (χ3v) is 5.17. The Morgan fingerprint density at radius 1 is 0.838 bits per heavy atom. The molecule has 0 radical (unpaired) electrons. The molecular formula is C28H29N7O2. The summed E-state index contributed by atoms with van der Waals surface area (Å²) in [4.78, 5) is 29.1. The number of carbonyl (C=O) groups excluding carboxylic acids is 1. The molecule has 0 aliphatic rings. The van der Waals surface area contributed by atoms with Gasteiger partial charge in [0.05, 0.1) is 0 Å². The van der Waals surface area contributed by atoms with Crippen LogP contribution in [-0.4, -0.2) is 53.4 Å². The lowest BCUT2D eigenvalue weighted by molar-refractivity contribution is -0.113. The highest BCUT2D eigenvalue weighted by atomic mass is 16.5. The Morgan fingerprint density at radius 2 is 1.54 bits per heavy atom.